The number of carboxylic acid groups (broad SMARTS) is 1. The minimum atomic E-state index is -1.08. The molecule has 0 aliphatic carbocycles. The van der Waals surface area contributed by atoms with Crippen LogP contribution in [-0.2, 0) is 16.1 Å². The molecule has 6 heteroatoms. The molecule has 1 rings (SSSR count). The van der Waals surface area contributed by atoms with E-state index in [1.165, 1.54) is 6.92 Å². The van der Waals surface area contributed by atoms with Gasteiger partial charge in [0.25, 0.3) is 5.91 Å². The van der Waals surface area contributed by atoms with Crippen LogP contribution in [0, 0.1) is 5.92 Å². The van der Waals surface area contributed by atoms with Crippen LogP contribution in [-0.4, -0.2) is 40.9 Å². The Labute approximate surface area is 130 Å². The Morgan fingerprint density at radius 1 is 1.14 bits per heavy atom. The second-order valence-electron chi connectivity index (χ2n) is 5.58. The Kier molecular flexibility index (Phi) is 6.10. The first-order valence-corrected chi connectivity index (χ1v) is 7.10. The van der Waals surface area contributed by atoms with Gasteiger partial charge >= 0.3 is 5.97 Å². The smallest absolute Gasteiger partial charge is 0.325 e. The number of benzene rings is 1. The van der Waals surface area contributed by atoms with Crippen LogP contribution in [0.5, 0.6) is 0 Å². The lowest BCUT2D eigenvalue weighted by molar-refractivity contribution is -0.138. The van der Waals surface area contributed by atoms with Gasteiger partial charge in [0.1, 0.15) is 6.04 Å². The molecule has 2 N–H and O–H groups in total. The van der Waals surface area contributed by atoms with Crippen molar-refractivity contribution in [2.75, 3.05) is 7.05 Å². The first-order chi connectivity index (χ1) is 10.2. The fraction of sp³-hybridized carbons (Fsp3) is 0.438. The molecule has 0 spiro atoms. The molecular formula is C16H22N2O4. The van der Waals surface area contributed by atoms with E-state index >= 15 is 0 Å². The standard InChI is InChI=1S/C16H22N2O4/c1-10(2)15(20)18(4)9-12-5-7-13(8-6-12)14(19)17-11(3)16(21)22/h5-8,10-11H,9H2,1-4H3,(H,17,19)(H,21,22). The predicted octanol–water partition coefficient (Wildman–Crippen LogP) is 1.50. The van der Waals surface area contributed by atoms with Crippen molar-refractivity contribution in [1.29, 1.82) is 0 Å². The molecule has 1 unspecified atom stereocenters. The van der Waals surface area contributed by atoms with Crippen LogP contribution in [0.2, 0.25) is 0 Å². The zero-order valence-corrected chi connectivity index (χ0v) is 13.3. The van der Waals surface area contributed by atoms with Crippen molar-refractivity contribution in [3.05, 3.63) is 35.4 Å². The quantitative estimate of drug-likeness (QED) is 0.834. The summed E-state index contributed by atoms with van der Waals surface area (Å²) in [4.78, 5) is 36.0. The molecule has 0 heterocycles. The first kappa shape index (κ1) is 17.7. The van der Waals surface area contributed by atoms with Crippen molar-refractivity contribution in [2.45, 2.75) is 33.4 Å². The third kappa shape index (κ3) is 4.87. The van der Waals surface area contributed by atoms with E-state index in [0.29, 0.717) is 12.1 Å². The summed E-state index contributed by atoms with van der Waals surface area (Å²) in [5, 5.41) is 11.2. The van der Waals surface area contributed by atoms with Crippen molar-refractivity contribution in [1.82, 2.24) is 10.2 Å². The summed E-state index contributed by atoms with van der Waals surface area (Å²) < 4.78 is 0. The number of hydrogen-bond donors (Lipinski definition) is 2. The molecule has 0 saturated carbocycles. The van der Waals surface area contributed by atoms with Gasteiger partial charge in [-0.1, -0.05) is 26.0 Å². The zero-order valence-electron chi connectivity index (χ0n) is 13.3. The van der Waals surface area contributed by atoms with E-state index in [0.717, 1.165) is 5.56 Å². The van der Waals surface area contributed by atoms with Crippen LogP contribution in [0.15, 0.2) is 24.3 Å². The van der Waals surface area contributed by atoms with E-state index in [9.17, 15) is 14.4 Å². The van der Waals surface area contributed by atoms with Crippen LogP contribution in [0.3, 0.4) is 0 Å². The molecule has 120 valence electrons. The van der Waals surface area contributed by atoms with Crippen molar-refractivity contribution in [3.63, 3.8) is 0 Å². The largest absolute Gasteiger partial charge is 0.480 e. The molecule has 0 aliphatic heterocycles. The van der Waals surface area contributed by atoms with Gasteiger partial charge in [-0.05, 0) is 24.6 Å². The molecule has 0 radical (unpaired) electrons. The van der Waals surface area contributed by atoms with Gasteiger partial charge < -0.3 is 15.3 Å². The number of aliphatic carboxylic acids is 1. The highest BCUT2D eigenvalue weighted by Crippen LogP contribution is 2.09. The molecule has 0 saturated heterocycles. The average Bonchev–Trinajstić information content (AvgIpc) is 2.46. The highest BCUT2D eigenvalue weighted by molar-refractivity contribution is 5.96. The molecule has 0 aromatic heterocycles. The van der Waals surface area contributed by atoms with E-state index in [1.54, 1.807) is 36.2 Å². The van der Waals surface area contributed by atoms with Crippen LogP contribution in [0.1, 0.15) is 36.7 Å². The number of carboxylic acids is 1. The number of hydrogen-bond acceptors (Lipinski definition) is 3. The maximum atomic E-state index is 11.9. The summed E-state index contributed by atoms with van der Waals surface area (Å²) in [7, 11) is 1.73. The second kappa shape index (κ2) is 7.59. The van der Waals surface area contributed by atoms with Crippen molar-refractivity contribution in [2.24, 2.45) is 5.92 Å². The lowest BCUT2D eigenvalue weighted by Gasteiger charge is -2.19. The van der Waals surface area contributed by atoms with Crippen molar-refractivity contribution >= 4 is 17.8 Å². The average molecular weight is 306 g/mol. The Morgan fingerprint density at radius 2 is 1.68 bits per heavy atom. The third-order valence-corrected chi connectivity index (χ3v) is 3.22. The molecule has 6 nitrogen and oxygen atoms in total. The minimum Gasteiger partial charge on any atom is -0.480 e. The van der Waals surface area contributed by atoms with Crippen LogP contribution < -0.4 is 5.32 Å². The van der Waals surface area contributed by atoms with Crippen LogP contribution in [0.4, 0.5) is 0 Å². The Balaban J connectivity index is 2.69. The summed E-state index contributed by atoms with van der Waals surface area (Å²) in [6, 6.07) is 5.80. The number of rotatable bonds is 6. The molecule has 1 aromatic rings. The highest BCUT2D eigenvalue weighted by atomic mass is 16.4. The molecule has 0 bridgehead atoms. The molecule has 2 amide bonds. The maximum Gasteiger partial charge on any atom is 0.325 e. The highest BCUT2D eigenvalue weighted by Gasteiger charge is 2.16. The van der Waals surface area contributed by atoms with Gasteiger partial charge in [0.15, 0.2) is 0 Å². The summed E-state index contributed by atoms with van der Waals surface area (Å²) in [6.07, 6.45) is 0. The number of carbonyl (C=O) groups is 3. The van der Waals surface area contributed by atoms with Crippen molar-refractivity contribution in [3.8, 4) is 0 Å². The Morgan fingerprint density at radius 3 is 2.14 bits per heavy atom. The number of amides is 2. The van der Waals surface area contributed by atoms with Gasteiger partial charge in [0.05, 0.1) is 0 Å². The Hall–Kier alpha value is -2.37. The molecule has 1 aromatic carbocycles. The fourth-order valence-electron chi connectivity index (χ4n) is 1.90. The van der Waals surface area contributed by atoms with Gasteiger partial charge in [-0.25, -0.2) is 0 Å². The van der Waals surface area contributed by atoms with E-state index in [4.69, 9.17) is 5.11 Å². The van der Waals surface area contributed by atoms with Gasteiger partial charge in [-0.2, -0.15) is 0 Å². The van der Waals surface area contributed by atoms with Crippen LogP contribution >= 0.6 is 0 Å². The second-order valence-corrected chi connectivity index (χ2v) is 5.58. The summed E-state index contributed by atoms with van der Waals surface area (Å²) in [5.41, 5.74) is 1.29. The van der Waals surface area contributed by atoms with Gasteiger partial charge in [0.2, 0.25) is 5.91 Å². The van der Waals surface area contributed by atoms with Gasteiger partial charge in [0, 0.05) is 25.1 Å². The number of nitrogens with zero attached hydrogens (tertiary/aromatic N) is 1. The normalized spacial score (nSPS) is 11.9. The molecule has 0 fully saturated rings. The monoisotopic (exact) mass is 306 g/mol. The first-order valence-electron chi connectivity index (χ1n) is 7.10. The fourth-order valence-corrected chi connectivity index (χ4v) is 1.90. The minimum absolute atomic E-state index is 0.0529. The van der Waals surface area contributed by atoms with Crippen LogP contribution in [0.25, 0.3) is 0 Å². The van der Waals surface area contributed by atoms with Gasteiger partial charge in [-0.15, -0.1) is 0 Å². The van der Waals surface area contributed by atoms with E-state index < -0.39 is 17.9 Å². The molecular weight excluding hydrogens is 284 g/mol. The van der Waals surface area contributed by atoms with Crippen molar-refractivity contribution < 1.29 is 19.5 Å². The molecule has 1 atom stereocenters. The van der Waals surface area contributed by atoms with E-state index in [1.807, 2.05) is 13.8 Å². The number of carbonyl (C=O) groups excluding carboxylic acids is 2. The number of nitrogens with one attached hydrogen (secondary N) is 1. The summed E-state index contributed by atoms with van der Waals surface area (Å²) >= 11 is 0. The Bertz CT molecular complexity index is 552. The summed E-state index contributed by atoms with van der Waals surface area (Å²) in [6.45, 7) is 5.55. The predicted molar refractivity (Wildman–Crippen MR) is 82.3 cm³/mol. The SMILES string of the molecule is CC(C)C(=O)N(C)Cc1ccc(C(=O)NC(C)C(=O)O)cc1. The maximum absolute atomic E-state index is 11.9. The lowest BCUT2D eigenvalue weighted by atomic mass is 10.1. The van der Waals surface area contributed by atoms with E-state index in [-0.39, 0.29) is 11.8 Å². The summed E-state index contributed by atoms with van der Waals surface area (Å²) in [5.74, 6) is -1.53. The topological polar surface area (TPSA) is 86.7 Å². The van der Waals surface area contributed by atoms with E-state index in [2.05, 4.69) is 5.32 Å². The molecule has 22 heavy (non-hydrogen) atoms. The van der Waals surface area contributed by atoms with Gasteiger partial charge in [-0.3, -0.25) is 14.4 Å². The third-order valence-electron chi connectivity index (χ3n) is 3.22. The zero-order chi connectivity index (χ0) is 16.9. The lowest BCUT2D eigenvalue weighted by Crippen LogP contribution is -2.38. The molecule has 0 aliphatic rings.